The molecular weight excluding hydrogens is 296 g/mol. The molecule has 0 aliphatic heterocycles. The number of hydrogen-bond donors (Lipinski definition) is 0. The number of nitrogens with zero attached hydrogens (tertiary/aromatic N) is 2. The van der Waals surface area contributed by atoms with E-state index in [1.165, 1.54) is 0 Å². The number of benzene rings is 1. The second-order valence-electron chi connectivity index (χ2n) is 3.83. The SMILES string of the molecule is Cc1cc(SCC#N)c2cc(Br)cc(C)c2n1. The van der Waals surface area contributed by atoms with Crippen LogP contribution in [0.15, 0.2) is 27.6 Å². The summed E-state index contributed by atoms with van der Waals surface area (Å²) < 4.78 is 1.05. The predicted molar refractivity (Wildman–Crippen MR) is 75.3 cm³/mol. The molecule has 2 aromatic rings. The Hall–Kier alpha value is -1.05. The first-order valence-corrected chi connectivity index (χ1v) is 6.97. The van der Waals surface area contributed by atoms with E-state index in [0.717, 1.165) is 31.5 Å². The van der Waals surface area contributed by atoms with E-state index in [2.05, 4.69) is 46.0 Å². The molecular formula is C13H11BrN2S. The lowest BCUT2D eigenvalue weighted by Crippen LogP contribution is -1.90. The van der Waals surface area contributed by atoms with Gasteiger partial charge in [-0.15, -0.1) is 11.8 Å². The van der Waals surface area contributed by atoms with Gasteiger partial charge in [0.15, 0.2) is 0 Å². The van der Waals surface area contributed by atoms with E-state index >= 15 is 0 Å². The van der Waals surface area contributed by atoms with Gasteiger partial charge in [-0.3, -0.25) is 4.98 Å². The summed E-state index contributed by atoms with van der Waals surface area (Å²) in [6.45, 7) is 4.04. The van der Waals surface area contributed by atoms with Gasteiger partial charge in [-0.25, -0.2) is 0 Å². The van der Waals surface area contributed by atoms with E-state index in [9.17, 15) is 0 Å². The highest BCUT2D eigenvalue weighted by molar-refractivity contribution is 9.10. The second kappa shape index (κ2) is 5.07. The van der Waals surface area contributed by atoms with Crippen molar-refractivity contribution in [3.8, 4) is 6.07 Å². The molecule has 0 aliphatic rings. The summed E-state index contributed by atoms with van der Waals surface area (Å²) >= 11 is 5.06. The molecule has 0 amide bonds. The van der Waals surface area contributed by atoms with Gasteiger partial charge in [0.25, 0.3) is 0 Å². The maximum Gasteiger partial charge on any atom is 0.0855 e. The molecule has 1 aromatic carbocycles. The van der Waals surface area contributed by atoms with Crippen molar-refractivity contribution in [3.05, 3.63) is 33.9 Å². The Kier molecular flexibility index (Phi) is 3.70. The number of fused-ring (bicyclic) bond motifs is 1. The number of aryl methyl sites for hydroxylation is 2. The Bertz CT molecular complexity index is 617. The molecule has 2 nitrogen and oxygen atoms in total. The molecule has 0 fully saturated rings. The van der Waals surface area contributed by atoms with Gasteiger partial charge in [-0.1, -0.05) is 15.9 Å². The zero-order valence-corrected chi connectivity index (χ0v) is 12.0. The molecule has 0 aliphatic carbocycles. The van der Waals surface area contributed by atoms with Gasteiger partial charge < -0.3 is 0 Å². The van der Waals surface area contributed by atoms with Gasteiger partial charge in [0, 0.05) is 20.4 Å². The molecule has 0 spiro atoms. The van der Waals surface area contributed by atoms with Crippen molar-refractivity contribution in [1.82, 2.24) is 4.98 Å². The fraction of sp³-hybridized carbons (Fsp3) is 0.231. The normalized spacial score (nSPS) is 10.5. The minimum Gasteiger partial charge on any atom is -0.253 e. The van der Waals surface area contributed by atoms with E-state index in [4.69, 9.17) is 5.26 Å². The Morgan fingerprint density at radius 3 is 2.82 bits per heavy atom. The van der Waals surface area contributed by atoms with Gasteiger partial charge in [0.1, 0.15) is 0 Å². The van der Waals surface area contributed by atoms with Crippen LogP contribution in [0.4, 0.5) is 0 Å². The Labute approximate surface area is 113 Å². The van der Waals surface area contributed by atoms with Crippen molar-refractivity contribution in [1.29, 1.82) is 5.26 Å². The second-order valence-corrected chi connectivity index (χ2v) is 5.76. The van der Waals surface area contributed by atoms with Crippen molar-refractivity contribution in [3.63, 3.8) is 0 Å². The number of thioether (sulfide) groups is 1. The van der Waals surface area contributed by atoms with Crippen LogP contribution in [-0.2, 0) is 0 Å². The summed E-state index contributed by atoms with van der Waals surface area (Å²) in [5.41, 5.74) is 3.16. The monoisotopic (exact) mass is 306 g/mol. The Morgan fingerprint density at radius 1 is 1.35 bits per heavy atom. The molecule has 0 saturated carbocycles. The summed E-state index contributed by atoms with van der Waals surface area (Å²) in [6.07, 6.45) is 0. The standard InChI is InChI=1S/C13H11BrN2S/c1-8-5-10(14)7-11-12(17-4-3-15)6-9(2)16-13(8)11/h5-7H,4H2,1-2H3. The highest BCUT2D eigenvalue weighted by atomic mass is 79.9. The highest BCUT2D eigenvalue weighted by Crippen LogP contribution is 2.31. The first-order valence-electron chi connectivity index (χ1n) is 5.19. The Balaban J connectivity index is 2.69. The molecule has 2 rings (SSSR count). The molecule has 0 radical (unpaired) electrons. The lowest BCUT2D eigenvalue weighted by atomic mass is 10.1. The number of hydrogen-bond acceptors (Lipinski definition) is 3. The average molecular weight is 307 g/mol. The number of halogens is 1. The Morgan fingerprint density at radius 2 is 2.12 bits per heavy atom. The summed E-state index contributed by atoms with van der Waals surface area (Å²) in [5.74, 6) is 0.462. The molecule has 0 atom stereocenters. The van der Waals surface area contributed by atoms with Crippen LogP contribution in [0.25, 0.3) is 10.9 Å². The van der Waals surface area contributed by atoms with Crippen LogP contribution in [0.2, 0.25) is 0 Å². The van der Waals surface area contributed by atoms with Gasteiger partial charge in [-0.05, 0) is 37.6 Å². The van der Waals surface area contributed by atoms with Crippen molar-refractivity contribution in [2.24, 2.45) is 0 Å². The lowest BCUT2D eigenvalue weighted by Gasteiger charge is -2.08. The number of pyridine rings is 1. The summed E-state index contributed by atoms with van der Waals surface area (Å²) in [7, 11) is 0. The van der Waals surface area contributed by atoms with Crippen molar-refractivity contribution < 1.29 is 0 Å². The third kappa shape index (κ3) is 2.62. The third-order valence-corrected chi connectivity index (χ3v) is 3.83. The van der Waals surface area contributed by atoms with E-state index in [1.807, 2.05) is 13.0 Å². The number of nitriles is 1. The topological polar surface area (TPSA) is 36.7 Å². The average Bonchev–Trinajstić information content (AvgIpc) is 2.27. The van der Waals surface area contributed by atoms with Crippen molar-refractivity contribution in [2.75, 3.05) is 5.75 Å². The van der Waals surface area contributed by atoms with Crippen LogP contribution < -0.4 is 0 Å². The molecule has 0 N–H and O–H groups in total. The van der Waals surface area contributed by atoms with E-state index in [0.29, 0.717) is 5.75 Å². The molecule has 86 valence electrons. The molecule has 0 unspecified atom stereocenters. The molecule has 17 heavy (non-hydrogen) atoms. The zero-order chi connectivity index (χ0) is 12.4. The lowest BCUT2D eigenvalue weighted by molar-refractivity contribution is 1.21. The summed E-state index contributed by atoms with van der Waals surface area (Å²) in [5, 5.41) is 9.80. The first kappa shape index (κ1) is 12.4. The minimum absolute atomic E-state index is 0.462. The van der Waals surface area contributed by atoms with E-state index in [1.54, 1.807) is 11.8 Å². The predicted octanol–water partition coefficient (Wildman–Crippen LogP) is 4.23. The molecule has 1 heterocycles. The third-order valence-electron chi connectivity index (χ3n) is 2.45. The number of aromatic nitrogens is 1. The van der Waals surface area contributed by atoms with E-state index in [-0.39, 0.29) is 0 Å². The summed E-state index contributed by atoms with van der Waals surface area (Å²) in [6, 6.07) is 8.33. The largest absolute Gasteiger partial charge is 0.253 e. The van der Waals surface area contributed by atoms with Crippen molar-refractivity contribution in [2.45, 2.75) is 18.7 Å². The summed E-state index contributed by atoms with van der Waals surface area (Å²) in [4.78, 5) is 5.69. The maximum absolute atomic E-state index is 8.68. The van der Waals surface area contributed by atoms with E-state index < -0.39 is 0 Å². The van der Waals surface area contributed by atoms with Gasteiger partial charge in [0.2, 0.25) is 0 Å². The van der Waals surface area contributed by atoms with Gasteiger partial charge in [-0.2, -0.15) is 5.26 Å². The minimum atomic E-state index is 0.462. The molecule has 0 bridgehead atoms. The zero-order valence-electron chi connectivity index (χ0n) is 9.62. The highest BCUT2D eigenvalue weighted by Gasteiger charge is 2.08. The van der Waals surface area contributed by atoms with Crippen LogP contribution in [0.5, 0.6) is 0 Å². The van der Waals surface area contributed by atoms with Crippen molar-refractivity contribution >= 4 is 38.6 Å². The van der Waals surface area contributed by atoms with Gasteiger partial charge in [0.05, 0.1) is 17.3 Å². The quantitative estimate of drug-likeness (QED) is 0.779. The van der Waals surface area contributed by atoms with Crippen LogP contribution in [0.1, 0.15) is 11.3 Å². The fourth-order valence-corrected chi connectivity index (χ4v) is 3.13. The molecule has 1 aromatic heterocycles. The fourth-order valence-electron chi connectivity index (χ4n) is 1.78. The molecule has 0 saturated heterocycles. The van der Waals surface area contributed by atoms with Crippen LogP contribution in [0, 0.1) is 25.2 Å². The first-order chi connectivity index (χ1) is 8.11. The molecule has 4 heteroatoms. The van der Waals surface area contributed by atoms with Crippen LogP contribution in [-0.4, -0.2) is 10.7 Å². The maximum atomic E-state index is 8.68. The van der Waals surface area contributed by atoms with Gasteiger partial charge >= 0.3 is 0 Å². The van der Waals surface area contributed by atoms with Crippen LogP contribution in [0.3, 0.4) is 0 Å². The number of rotatable bonds is 2. The van der Waals surface area contributed by atoms with Crippen LogP contribution >= 0.6 is 27.7 Å². The smallest absolute Gasteiger partial charge is 0.0855 e.